The zero-order chi connectivity index (χ0) is 15.6. The maximum atomic E-state index is 12.1. The molecule has 0 aromatic carbocycles. The van der Waals surface area contributed by atoms with Crippen molar-refractivity contribution in [1.82, 2.24) is 15.5 Å². The summed E-state index contributed by atoms with van der Waals surface area (Å²) >= 11 is 0. The molecule has 0 aromatic rings. The van der Waals surface area contributed by atoms with Crippen molar-refractivity contribution in [3.63, 3.8) is 0 Å². The summed E-state index contributed by atoms with van der Waals surface area (Å²) in [4.78, 5) is 26.0. The molecule has 0 aromatic heterocycles. The van der Waals surface area contributed by atoms with Gasteiger partial charge in [0, 0.05) is 12.1 Å². The highest BCUT2D eigenvalue weighted by atomic mass is 16.2. The van der Waals surface area contributed by atoms with Crippen LogP contribution in [0.15, 0.2) is 0 Å². The Labute approximate surface area is 122 Å². The third-order valence-corrected chi connectivity index (χ3v) is 3.58. The molecule has 1 heterocycles. The van der Waals surface area contributed by atoms with Crippen LogP contribution in [0.2, 0.25) is 0 Å². The Morgan fingerprint density at radius 3 is 2.35 bits per heavy atom. The van der Waals surface area contributed by atoms with Crippen LogP contribution in [0.1, 0.15) is 54.4 Å². The lowest BCUT2D eigenvalue weighted by Gasteiger charge is -2.40. The summed E-state index contributed by atoms with van der Waals surface area (Å²) in [6.45, 7) is 13.8. The van der Waals surface area contributed by atoms with Gasteiger partial charge in [-0.1, -0.05) is 13.8 Å². The number of carbonyl (C=O) groups is 2. The van der Waals surface area contributed by atoms with Crippen molar-refractivity contribution >= 4 is 11.9 Å². The average molecular weight is 283 g/mol. The van der Waals surface area contributed by atoms with Gasteiger partial charge in [0.05, 0.1) is 6.04 Å². The molecule has 1 atom stereocenters. The topological polar surface area (TPSA) is 61.4 Å². The molecule has 2 N–H and O–H groups in total. The number of nitrogens with zero attached hydrogens (tertiary/aromatic N) is 1. The Kier molecular flexibility index (Phi) is 5.19. The van der Waals surface area contributed by atoms with Crippen LogP contribution in [0, 0.1) is 5.41 Å². The van der Waals surface area contributed by atoms with Crippen LogP contribution in [-0.4, -0.2) is 41.5 Å². The number of urea groups is 1. The molecule has 5 heteroatoms. The second-order valence-corrected chi connectivity index (χ2v) is 7.61. The highest BCUT2D eigenvalue weighted by molar-refractivity contribution is 5.97. The maximum Gasteiger partial charge on any atom is 0.321 e. The summed E-state index contributed by atoms with van der Waals surface area (Å²) in [7, 11) is 0. The van der Waals surface area contributed by atoms with Gasteiger partial charge in [-0.05, 0) is 52.5 Å². The van der Waals surface area contributed by atoms with Gasteiger partial charge in [-0.25, -0.2) is 4.79 Å². The Morgan fingerprint density at radius 2 is 1.85 bits per heavy atom. The average Bonchev–Trinajstić information content (AvgIpc) is 2.23. The molecule has 0 radical (unpaired) electrons. The Morgan fingerprint density at radius 1 is 1.25 bits per heavy atom. The number of rotatable bonds is 2. The molecule has 20 heavy (non-hydrogen) atoms. The smallest absolute Gasteiger partial charge is 0.321 e. The molecule has 1 fully saturated rings. The minimum absolute atomic E-state index is 0.232. The Balaban J connectivity index is 2.52. The van der Waals surface area contributed by atoms with Crippen molar-refractivity contribution in [3.8, 4) is 0 Å². The van der Waals surface area contributed by atoms with E-state index in [1.54, 1.807) is 0 Å². The van der Waals surface area contributed by atoms with Crippen LogP contribution >= 0.6 is 0 Å². The van der Waals surface area contributed by atoms with E-state index in [0.717, 1.165) is 19.5 Å². The number of carbonyl (C=O) groups excluding carboxylic acids is 2. The lowest BCUT2D eigenvalue weighted by Crippen LogP contribution is -2.55. The third kappa shape index (κ3) is 5.49. The van der Waals surface area contributed by atoms with E-state index >= 15 is 0 Å². The zero-order valence-electron chi connectivity index (χ0n) is 13.7. The molecular weight excluding hydrogens is 254 g/mol. The highest BCUT2D eigenvalue weighted by Gasteiger charge is 2.32. The van der Waals surface area contributed by atoms with E-state index in [1.165, 1.54) is 6.42 Å². The molecule has 0 spiro atoms. The van der Waals surface area contributed by atoms with Gasteiger partial charge in [0.15, 0.2) is 0 Å². The van der Waals surface area contributed by atoms with Crippen LogP contribution in [-0.2, 0) is 4.79 Å². The SMILES string of the molecule is C[C@H](C(=O)NC(=O)NC(C)(C)C)N1CCCC(C)(C)C1. The predicted octanol–water partition coefficient (Wildman–Crippen LogP) is 2.12. The lowest BCUT2D eigenvalue weighted by atomic mass is 9.83. The van der Waals surface area contributed by atoms with Crippen LogP contribution in [0.4, 0.5) is 4.79 Å². The Bertz CT molecular complexity index is 372. The summed E-state index contributed by atoms with van der Waals surface area (Å²) in [5, 5.41) is 5.16. The molecule has 0 bridgehead atoms. The minimum atomic E-state index is -0.425. The third-order valence-electron chi connectivity index (χ3n) is 3.58. The van der Waals surface area contributed by atoms with Gasteiger partial charge in [0.25, 0.3) is 0 Å². The lowest BCUT2D eigenvalue weighted by molar-refractivity contribution is -0.125. The highest BCUT2D eigenvalue weighted by Crippen LogP contribution is 2.29. The van der Waals surface area contributed by atoms with E-state index in [1.807, 2.05) is 27.7 Å². The molecule has 0 unspecified atom stereocenters. The van der Waals surface area contributed by atoms with E-state index in [4.69, 9.17) is 0 Å². The molecular formula is C15H29N3O2. The van der Waals surface area contributed by atoms with Gasteiger partial charge >= 0.3 is 6.03 Å². The molecule has 1 saturated heterocycles. The number of likely N-dealkylation sites (tertiary alicyclic amines) is 1. The van der Waals surface area contributed by atoms with Crippen LogP contribution < -0.4 is 10.6 Å². The first-order chi connectivity index (χ1) is 9.00. The van der Waals surface area contributed by atoms with E-state index in [0.29, 0.717) is 0 Å². The van der Waals surface area contributed by atoms with Gasteiger partial charge in [-0.2, -0.15) is 0 Å². The standard InChI is InChI=1S/C15H29N3O2/c1-11(18-9-7-8-15(5,6)10-18)12(19)16-13(20)17-14(2,3)4/h11H,7-10H2,1-6H3,(H2,16,17,19,20)/t11-/m1/s1. The van der Waals surface area contributed by atoms with Crippen molar-refractivity contribution in [2.75, 3.05) is 13.1 Å². The summed E-state index contributed by atoms with van der Waals surface area (Å²) < 4.78 is 0. The molecule has 1 rings (SSSR count). The summed E-state index contributed by atoms with van der Waals surface area (Å²) in [6, 6.07) is -0.703. The number of imide groups is 1. The second kappa shape index (κ2) is 6.12. The number of hydrogen-bond donors (Lipinski definition) is 2. The quantitative estimate of drug-likeness (QED) is 0.816. The van der Waals surface area contributed by atoms with Gasteiger partial charge in [-0.3, -0.25) is 15.0 Å². The van der Waals surface area contributed by atoms with Crippen molar-refractivity contribution in [3.05, 3.63) is 0 Å². The molecule has 0 aliphatic carbocycles. The van der Waals surface area contributed by atoms with Gasteiger partial charge in [0.1, 0.15) is 0 Å². The molecule has 116 valence electrons. The zero-order valence-corrected chi connectivity index (χ0v) is 13.7. The minimum Gasteiger partial charge on any atom is -0.333 e. The van der Waals surface area contributed by atoms with Gasteiger partial charge in [0.2, 0.25) is 5.91 Å². The number of hydrogen-bond acceptors (Lipinski definition) is 3. The van der Waals surface area contributed by atoms with Gasteiger partial charge < -0.3 is 5.32 Å². The van der Waals surface area contributed by atoms with E-state index in [9.17, 15) is 9.59 Å². The fourth-order valence-corrected chi connectivity index (χ4v) is 2.55. The molecule has 5 nitrogen and oxygen atoms in total. The van der Waals surface area contributed by atoms with Crippen LogP contribution in [0.25, 0.3) is 0 Å². The van der Waals surface area contributed by atoms with Gasteiger partial charge in [-0.15, -0.1) is 0 Å². The predicted molar refractivity (Wildman–Crippen MR) is 80.5 cm³/mol. The molecule has 1 aliphatic heterocycles. The van der Waals surface area contributed by atoms with E-state index in [-0.39, 0.29) is 22.9 Å². The Hall–Kier alpha value is -1.10. The molecule has 1 aliphatic rings. The second-order valence-electron chi connectivity index (χ2n) is 7.61. The summed E-state index contributed by atoms with van der Waals surface area (Å²) in [5.74, 6) is -0.232. The number of amides is 3. The van der Waals surface area contributed by atoms with Crippen molar-refractivity contribution in [2.45, 2.75) is 66.0 Å². The van der Waals surface area contributed by atoms with Crippen LogP contribution in [0.3, 0.4) is 0 Å². The molecule has 0 saturated carbocycles. The number of nitrogens with one attached hydrogen (secondary N) is 2. The fraction of sp³-hybridized carbons (Fsp3) is 0.867. The van der Waals surface area contributed by atoms with E-state index < -0.39 is 6.03 Å². The fourth-order valence-electron chi connectivity index (χ4n) is 2.55. The first kappa shape index (κ1) is 17.0. The number of piperidine rings is 1. The van der Waals surface area contributed by atoms with Crippen molar-refractivity contribution in [2.24, 2.45) is 5.41 Å². The normalized spacial score (nSPS) is 21.1. The largest absolute Gasteiger partial charge is 0.333 e. The maximum absolute atomic E-state index is 12.1. The van der Waals surface area contributed by atoms with Crippen molar-refractivity contribution < 1.29 is 9.59 Å². The first-order valence-corrected chi connectivity index (χ1v) is 7.37. The monoisotopic (exact) mass is 283 g/mol. The van der Waals surface area contributed by atoms with Crippen molar-refractivity contribution in [1.29, 1.82) is 0 Å². The first-order valence-electron chi connectivity index (χ1n) is 7.37. The van der Waals surface area contributed by atoms with Crippen LogP contribution in [0.5, 0.6) is 0 Å². The molecule has 3 amide bonds. The summed E-state index contributed by atoms with van der Waals surface area (Å²) in [6.07, 6.45) is 2.28. The van der Waals surface area contributed by atoms with E-state index in [2.05, 4.69) is 29.4 Å². The summed E-state index contributed by atoms with van der Waals surface area (Å²) in [5.41, 5.74) is -0.110.